The quantitative estimate of drug-likeness (QED) is 0.558. The van der Waals surface area contributed by atoms with E-state index in [4.69, 9.17) is 11.6 Å². The predicted molar refractivity (Wildman–Crippen MR) is 121 cm³/mol. The largest absolute Gasteiger partial charge is 0.321 e. The maximum atomic E-state index is 13.0. The van der Waals surface area contributed by atoms with Gasteiger partial charge in [-0.05, 0) is 42.8 Å². The van der Waals surface area contributed by atoms with Crippen LogP contribution < -0.4 is 5.32 Å². The smallest absolute Gasteiger partial charge is 0.255 e. The van der Waals surface area contributed by atoms with Crippen molar-refractivity contribution >= 4 is 39.0 Å². The van der Waals surface area contributed by atoms with Crippen LogP contribution in [0.2, 0.25) is 5.02 Å². The lowest BCUT2D eigenvalue weighted by Crippen LogP contribution is -2.23. The van der Waals surface area contributed by atoms with Crippen molar-refractivity contribution in [3.63, 3.8) is 0 Å². The van der Waals surface area contributed by atoms with Gasteiger partial charge < -0.3 is 5.32 Å². The first-order valence-electron chi connectivity index (χ1n) is 9.35. The number of carbonyl (C=O) groups is 2. The Morgan fingerprint density at radius 1 is 0.903 bits per heavy atom. The monoisotopic (exact) mass is 456 g/mol. The van der Waals surface area contributed by atoms with Crippen LogP contribution in [0.15, 0.2) is 71.6 Å². The standard InChI is InChI=1S/C23H21ClN2O4S/c1-15-9-11-18(31(29,30)26(2)3)14-19(15)23(28)25-21-12-10-17(24)13-20(21)22(27)16-7-5-4-6-8-16/h4-14H,1-3H3,(H,25,28). The van der Waals surface area contributed by atoms with Crippen molar-refractivity contribution in [3.05, 3.63) is 94.0 Å². The number of aryl methyl sites for hydroxylation is 1. The third-order valence-electron chi connectivity index (χ3n) is 4.74. The molecule has 0 radical (unpaired) electrons. The Kier molecular flexibility index (Phi) is 6.59. The zero-order chi connectivity index (χ0) is 22.8. The molecule has 1 amide bonds. The van der Waals surface area contributed by atoms with E-state index < -0.39 is 15.9 Å². The Balaban J connectivity index is 1.99. The van der Waals surface area contributed by atoms with Crippen LogP contribution in [0.1, 0.15) is 31.8 Å². The minimum absolute atomic E-state index is 0.00458. The first kappa shape index (κ1) is 22.7. The number of hydrogen-bond donors (Lipinski definition) is 1. The summed E-state index contributed by atoms with van der Waals surface area (Å²) in [7, 11) is -0.863. The van der Waals surface area contributed by atoms with Gasteiger partial charge in [-0.15, -0.1) is 0 Å². The zero-order valence-electron chi connectivity index (χ0n) is 17.2. The van der Waals surface area contributed by atoms with Crippen LogP contribution in [0, 0.1) is 6.92 Å². The van der Waals surface area contributed by atoms with Crippen molar-refractivity contribution in [2.45, 2.75) is 11.8 Å². The van der Waals surface area contributed by atoms with Crippen molar-refractivity contribution in [2.75, 3.05) is 19.4 Å². The van der Waals surface area contributed by atoms with E-state index in [9.17, 15) is 18.0 Å². The van der Waals surface area contributed by atoms with Crippen LogP contribution in [-0.4, -0.2) is 38.5 Å². The highest BCUT2D eigenvalue weighted by atomic mass is 35.5. The Bertz CT molecular complexity index is 1260. The number of nitrogens with one attached hydrogen (secondary N) is 1. The van der Waals surface area contributed by atoms with E-state index in [0.717, 1.165) is 4.31 Å². The van der Waals surface area contributed by atoms with Crippen LogP contribution >= 0.6 is 11.6 Å². The fraction of sp³-hybridized carbons (Fsp3) is 0.130. The van der Waals surface area contributed by atoms with E-state index in [1.54, 1.807) is 55.5 Å². The lowest BCUT2D eigenvalue weighted by atomic mass is 10.0. The van der Waals surface area contributed by atoms with Gasteiger partial charge in [0.25, 0.3) is 5.91 Å². The lowest BCUT2D eigenvalue weighted by molar-refractivity contribution is 0.102. The molecule has 0 spiro atoms. The number of rotatable bonds is 6. The number of hydrogen-bond acceptors (Lipinski definition) is 4. The molecular weight excluding hydrogens is 436 g/mol. The normalized spacial score (nSPS) is 11.4. The Morgan fingerprint density at radius 2 is 1.58 bits per heavy atom. The highest BCUT2D eigenvalue weighted by molar-refractivity contribution is 7.89. The van der Waals surface area contributed by atoms with E-state index in [1.807, 2.05) is 0 Å². The second kappa shape index (κ2) is 9.01. The molecule has 6 nitrogen and oxygen atoms in total. The minimum atomic E-state index is -3.70. The number of anilines is 1. The fourth-order valence-corrected chi connectivity index (χ4v) is 4.07. The maximum absolute atomic E-state index is 13.0. The van der Waals surface area contributed by atoms with Crippen LogP contribution in [0.4, 0.5) is 5.69 Å². The van der Waals surface area contributed by atoms with Gasteiger partial charge in [0.2, 0.25) is 10.0 Å². The fourth-order valence-electron chi connectivity index (χ4n) is 2.97. The molecule has 0 aliphatic heterocycles. The van der Waals surface area contributed by atoms with E-state index >= 15 is 0 Å². The topological polar surface area (TPSA) is 83.6 Å². The van der Waals surface area contributed by atoms with E-state index in [0.29, 0.717) is 16.1 Å². The summed E-state index contributed by atoms with van der Waals surface area (Å²) in [5.41, 5.74) is 1.76. The van der Waals surface area contributed by atoms with Gasteiger partial charge >= 0.3 is 0 Å². The molecule has 0 unspecified atom stereocenters. The van der Waals surface area contributed by atoms with E-state index in [-0.39, 0.29) is 27.5 Å². The van der Waals surface area contributed by atoms with E-state index in [1.165, 1.54) is 32.3 Å². The molecule has 0 aromatic heterocycles. The highest BCUT2D eigenvalue weighted by Crippen LogP contribution is 2.25. The molecule has 8 heteroatoms. The van der Waals surface area contributed by atoms with Crippen molar-refractivity contribution in [3.8, 4) is 0 Å². The summed E-state index contributed by atoms with van der Waals surface area (Å²) in [5, 5.41) is 3.08. The third kappa shape index (κ3) is 4.85. The Labute approximate surface area is 186 Å². The number of nitrogens with zero attached hydrogens (tertiary/aromatic N) is 1. The van der Waals surface area contributed by atoms with Gasteiger partial charge in [0.15, 0.2) is 5.78 Å². The van der Waals surface area contributed by atoms with Gasteiger partial charge in [0, 0.05) is 35.8 Å². The van der Waals surface area contributed by atoms with Crippen LogP contribution in [0.25, 0.3) is 0 Å². The van der Waals surface area contributed by atoms with Gasteiger partial charge in [-0.1, -0.05) is 48.0 Å². The molecule has 0 bridgehead atoms. The van der Waals surface area contributed by atoms with Gasteiger partial charge in [0.05, 0.1) is 10.6 Å². The summed E-state index contributed by atoms with van der Waals surface area (Å²) in [6, 6.07) is 17.6. The molecule has 0 heterocycles. The molecule has 0 aliphatic rings. The lowest BCUT2D eigenvalue weighted by Gasteiger charge is -2.15. The molecule has 1 N–H and O–H groups in total. The first-order chi connectivity index (χ1) is 14.6. The van der Waals surface area contributed by atoms with Gasteiger partial charge in [0.1, 0.15) is 0 Å². The summed E-state index contributed by atoms with van der Waals surface area (Å²) in [6.45, 7) is 1.71. The molecule has 0 atom stereocenters. The molecule has 160 valence electrons. The minimum Gasteiger partial charge on any atom is -0.321 e. The van der Waals surface area contributed by atoms with Crippen LogP contribution in [0.5, 0.6) is 0 Å². The Hall–Kier alpha value is -3.00. The van der Waals surface area contributed by atoms with Crippen LogP contribution in [0.3, 0.4) is 0 Å². The number of amides is 1. The summed E-state index contributed by atoms with van der Waals surface area (Å²) in [4.78, 5) is 26.0. The first-order valence-corrected chi connectivity index (χ1v) is 11.2. The molecule has 0 fully saturated rings. The molecule has 0 saturated carbocycles. The van der Waals surface area contributed by atoms with Crippen LogP contribution in [-0.2, 0) is 10.0 Å². The number of benzene rings is 3. The predicted octanol–water partition coefficient (Wildman–Crippen LogP) is 4.38. The second-order valence-electron chi connectivity index (χ2n) is 7.10. The molecule has 0 saturated heterocycles. The van der Waals surface area contributed by atoms with Crippen molar-refractivity contribution in [1.29, 1.82) is 0 Å². The molecular formula is C23H21ClN2O4S. The maximum Gasteiger partial charge on any atom is 0.255 e. The highest BCUT2D eigenvalue weighted by Gasteiger charge is 2.22. The summed E-state index contributed by atoms with van der Waals surface area (Å²) < 4.78 is 26.0. The Morgan fingerprint density at radius 3 is 2.23 bits per heavy atom. The summed E-state index contributed by atoms with van der Waals surface area (Å²) >= 11 is 6.09. The zero-order valence-corrected chi connectivity index (χ0v) is 18.8. The molecule has 0 aliphatic carbocycles. The van der Waals surface area contributed by atoms with E-state index in [2.05, 4.69) is 5.32 Å². The molecule has 31 heavy (non-hydrogen) atoms. The molecule has 3 aromatic carbocycles. The average molecular weight is 457 g/mol. The number of sulfonamides is 1. The number of ketones is 1. The second-order valence-corrected chi connectivity index (χ2v) is 9.69. The average Bonchev–Trinajstić information content (AvgIpc) is 2.75. The van der Waals surface area contributed by atoms with Gasteiger partial charge in [-0.3, -0.25) is 9.59 Å². The van der Waals surface area contributed by atoms with Gasteiger partial charge in [-0.25, -0.2) is 12.7 Å². The van der Waals surface area contributed by atoms with Crippen molar-refractivity contribution in [2.24, 2.45) is 0 Å². The van der Waals surface area contributed by atoms with Gasteiger partial charge in [-0.2, -0.15) is 0 Å². The van der Waals surface area contributed by atoms with Crippen molar-refractivity contribution in [1.82, 2.24) is 4.31 Å². The SMILES string of the molecule is Cc1ccc(S(=O)(=O)N(C)C)cc1C(=O)Nc1ccc(Cl)cc1C(=O)c1ccccc1. The van der Waals surface area contributed by atoms with Crippen molar-refractivity contribution < 1.29 is 18.0 Å². The molecule has 3 rings (SSSR count). The summed E-state index contributed by atoms with van der Waals surface area (Å²) in [6.07, 6.45) is 0. The molecule has 3 aromatic rings. The number of carbonyl (C=O) groups excluding carboxylic acids is 2. The third-order valence-corrected chi connectivity index (χ3v) is 6.79. The summed E-state index contributed by atoms with van der Waals surface area (Å²) in [5.74, 6) is -0.822. The number of halogens is 1.